The van der Waals surface area contributed by atoms with Crippen LogP contribution in [-0.4, -0.2) is 24.3 Å². The quantitative estimate of drug-likeness (QED) is 0.868. The Balaban J connectivity index is 2.41. The molecular formula is C12H19N5S. The molecule has 2 heterocycles. The van der Waals surface area contributed by atoms with Gasteiger partial charge in [-0.05, 0) is 19.1 Å². The van der Waals surface area contributed by atoms with Crippen molar-refractivity contribution in [2.24, 2.45) is 0 Å². The Hall–Kier alpha value is -1.43. The third-order valence-corrected chi connectivity index (χ3v) is 3.31. The zero-order valence-corrected chi connectivity index (χ0v) is 12.1. The van der Waals surface area contributed by atoms with Crippen molar-refractivity contribution in [1.82, 2.24) is 24.3 Å². The summed E-state index contributed by atoms with van der Waals surface area (Å²) in [4.78, 5) is 3.11. The fraction of sp³-hybridized carbons (Fsp3) is 0.583. The molecule has 0 aromatic carbocycles. The molecule has 0 unspecified atom stereocenters. The molecular weight excluding hydrogens is 246 g/mol. The Bertz CT molecular complexity index is 584. The van der Waals surface area contributed by atoms with Gasteiger partial charge < -0.3 is 14.1 Å². The van der Waals surface area contributed by atoms with E-state index in [1.807, 2.05) is 10.8 Å². The highest BCUT2D eigenvalue weighted by Gasteiger charge is 2.20. The third-order valence-electron chi connectivity index (χ3n) is 2.97. The molecule has 1 N–H and O–H groups in total. The molecule has 0 spiro atoms. The summed E-state index contributed by atoms with van der Waals surface area (Å²) in [5.74, 6) is 0.929. The average Bonchev–Trinajstić information content (AvgIpc) is 2.86. The summed E-state index contributed by atoms with van der Waals surface area (Å²) < 4.78 is 4.85. The van der Waals surface area contributed by atoms with Crippen LogP contribution in [0.4, 0.5) is 0 Å². The smallest absolute Gasteiger partial charge is 0.177 e. The van der Waals surface area contributed by atoms with Crippen LogP contribution >= 0.6 is 12.2 Å². The minimum atomic E-state index is 0.0463. The molecule has 2 aromatic rings. The van der Waals surface area contributed by atoms with Crippen LogP contribution in [0.2, 0.25) is 0 Å². The number of nitrogens with zero attached hydrogens (tertiary/aromatic N) is 4. The Morgan fingerprint density at radius 2 is 2.11 bits per heavy atom. The first-order chi connectivity index (χ1) is 8.43. The molecule has 6 heteroatoms. The molecule has 0 saturated heterocycles. The van der Waals surface area contributed by atoms with Crippen molar-refractivity contribution < 1.29 is 0 Å². The minimum absolute atomic E-state index is 0.0463. The number of hydrogen-bond donors (Lipinski definition) is 1. The zero-order chi connectivity index (χ0) is 13.3. The first-order valence-corrected chi connectivity index (χ1v) is 6.49. The monoisotopic (exact) mass is 265 g/mol. The highest BCUT2D eigenvalue weighted by molar-refractivity contribution is 7.71. The second-order valence-electron chi connectivity index (χ2n) is 5.35. The van der Waals surface area contributed by atoms with E-state index in [1.54, 1.807) is 6.33 Å². The molecule has 2 rings (SSSR count). The van der Waals surface area contributed by atoms with Crippen molar-refractivity contribution in [1.29, 1.82) is 0 Å². The summed E-state index contributed by atoms with van der Waals surface area (Å²) in [5.41, 5.74) is 1.23. The molecule has 0 saturated carbocycles. The fourth-order valence-corrected chi connectivity index (χ4v) is 2.20. The van der Waals surface area contributed by atoms with E-state index in [0.29, 0.717) is 6.54 Å². The van der Waals surface area contributed by atoms with Gasteiger partial charge >= 0.3 is 0 Å². The molecule has 0 amide bonds. The Labute approximate surface area is 112 Å². The first kappa shape index (κ1) is 13.0. The molecule has 0 aliphatic rings. The number of nitrogens with one attached hydrogen (secondary N) is 1. The number of imidazole rings is 1. The lowest BCUT2D eigenvalue weighted by atomic mass is 9.92. The van der Waals surface area contributed by atoms with Gasteiger partial charge in [-0.15, -0.1) is 10.2 Å². The largest absolute Gasteiger partial charge is 0.337 e. The molecule has 0 radical (unpaired) electrons. The van der Waals surface area contributed by atoms with Crippen molar-refractivity contribution in [3.05, 3.63) is 28.8 Å². The van der Waals surface area contributed by atoms with E-state index in [4.69, 9.17) is 12.2 Å². The maximum Gasteiger partial charge on any atom is 0.177 e. The van der Waals surface area contributed by atoms with Crippen LogP contribution in [0.5, 0.6) is 0 Å². The number of H-pyrrole nitrogens is 1. The normalized spacial score (nSPS) is 12.0. The number of aromatic amines is 1. The van der Waals surface area contributed by atoms with E-state index in [0.717, 1.165) is 17.1 Å². The molecule has 98 valence electrons. The molecule has 18 heavy (non-hydrogen) atoms. The van der Waals surface area contributed by atoms with E-state index in [9.17, 15) is 0 Å². The van der Waals surface area contributed by atoms with Crippen molar-refractivity contribution in [3.8, 4) is 0 Å². The highest BCUT2D eigenvalue weighted by atomic mass is 32.1. The van der Waals surface area contributed by atoms with Crippen LogP contribution in [0.15, 0.2) is 12.5 Å². The highest BCUT2D eigenvalue weighted by Crippen LogP contribution is 2.22. The van der Waals surface area contributed by atoms with Crippen LogP contribution < -0.4 is 0 Å². The predicted octanol–water partition coefficient (Wildman–Crippen LogP) is 2.50. The molecule has 0 aliphatic carbocycles. The van der Waals surface area contributed by atoms with Crippen LogP contribution in [0.1, 0.15) is 39.2 Å². The Morgan fingerprint density at radius 1 is 1.39 bits per heavy atom. The maximum absolute atomic E-state index is 5.34. The van der Waals surface area contributed by atoms with Gasteiger partial charge in [-0.25, -0.2) is 0 Å². The molecule has 2 aromatic heterocycles. The van der Waals surface area contributed by atoms with E-state index >= 15 is 0 Å². The van der Waals surface area contributed by atoms with Gasteiger partial charge in [-0.1, -0.05) is 20.8 Å². The molecule has 5 nitrogen and oxygen atoms in total. The summed E-state index contributed by atoms with van der Waals surface area (Å²) >= 11 is 5.34. The topological polar surface area (TPSA) is 51.4 Å². The number of hydrogen-bond acceptors (Lipinski definition) is 3. The summed E-state index contributed by atoms with van der Waals surface area (Å²) in [7, 11) is 0. The van der Waals surface area contributed by atoms with Crippen molar-refractivity contribution in [3.63, 3.8) is 0 Å². The van der Waals surface area contributed by atoms with Crippen molar-refractivity contribution in [2.75, 3.05) is 0 Å². The summed E-state index contributed by atoms with van der Waals surface area (Å²) in [6.45, 7) is 10.1. The molecule has 0 bridgehead atoms. The zero-order valence-electron chi connectivity index (χ0n) is 11.3. The van der Waals surface area contributed by atoms with Crippen molar-refractivity contribution >= 4 is 12.2 Å². The SMILES string of the molecule is CCn1cnnc1Cn1c(C(C)(C)C)c[nH]c1=S. The lowest BCUT2D eigenvalue weighted by molar-refractivity contribution is 0.518. The van der Waals surface area contributed by atoms with Gasteiger partial charge in [0.15, 0.2) is 10.6 Å². The van der Waals surface area contributed by atoms with E-state index in [-0.39, 0.29) is 5.41 Å². The van der Waals surface area contributed by atoms with Gasteiger partial charge in [0.05, 0.1) is 6.54 Å². The van der Waals surface area contributed by atoms with E-state index < -0.39 is 0 Å². The number of rotatable bonds is 3. The van der Waals surface area contributed by atoms with Gasteiger partial charge in [-0.2, -0.15) is 0 Å². The molecule has 0 fully saturated rings. The Morgan fingerprint density at radius 3 is 2.72 bits per heavy atom. The number of aromatic nitrogens is 5. The maximum atomic E-state index is 5.34. The fourth-order valence-electron chi connectivity index (χ4n) is 1.98. The molecule has 0 aliphatic heterocycles. The van der Waals surface area contributed by atoms with Gasteiger partial charge in [-0.3, -0.25) is 0 Å². The van der Waals surface area contributed by atoms with Crippen LogP contribution in [0.3, 0.4) is 0 Å². The third kappa shape index (κ3) is 2.38. The molecule has 0 atom stereocenters. The van der Waals surface area contributed by atoms with Crippen LogP contribution in [0, 0.1) is 4.77 Å². The summed E-state index contributed by atoms with van der Waals surface area (Å²) in [6.07, 6.45) is 3.73. The predicted molar refractivity (Wildman–Crippen MR) is 73.1 cm³/mol. The second kappa shape index (κ2) is 4.68. The summed E-state index contributed by atoms with van der Waals surface area (Å²) in [5, 5.41) is 8.11. The standard InChI is InChI=1S/C12H19N5S/c1-5-16-8-14-15-10(16)7-17-9(12(2,3)4)6-13-11(17)18/h6,8H,5,7H2,1-4H3,(H,13,18). The van der Waals surface area contributed by atoms with Crippen molar-refractivity contribution in [2.45, 2.75) is 46.2 Å². The van der Waals surface area contributed by atoms with Gasteiger partial charge in [0.2, 0.25) is 0 Å². The van der Waals surface area contributed by atoms with Crippen LogP contribution in [-0.2, 0) is 18.5 Å². The average molecular weight is 265 g/mol. The Kier molecular flexibility index (Phi) is 3.38. The second-order valence-corrected chi connectivity index (χ2v) is 5.74. The first-order valence-electron chi connectivity index (χ1n) is 6.09. The minimum Gasteiger partial charge on any atom is -0.337 e. The summed E-state index contributed by atoms with van der Waals surface area (Å²) in [6, 6.07) is 0. The van der Waals surface area contributed by atoms with Crippen LogP contribution in [0.25, 0.3) is 0 Å². The van der Waals surface area contributed by atoms with Gasteiger partial charge in [0.1, 0.15) is 6.33 Å². The lowest BCUT2D eigenvalue weighted by Crippen LogP contribution is -2.19. The lowest BCUT2D eigenvalue weighted by Gasteiger charge is -2.20. The number of aryl methyl sites for hydroxylation is 1. The van der Waals surface area contributed by atoms with Gasteiger partial charge in [0.25, 0.3) is 0 Å². The van der Waals surface area contributed by atoms with Gasteiger partial charge in [0, 0.05) is 23.9 Å². The van der Waals surface area contributed by atoms with E-state index in [2.05, 4.69) is 47.4 Å². The van der Waals surface area contributed by atoms with E-state index in [1.165, 1.54) is 5.69 Å².